The summed E-state index contributed by atoms with van der Waals surface area (Å²) in [7, 11) is 0. The Kier molecular flexibility index (Phi) is 12.1. The quantitative estimate of drug-likeness (QED) is 0.194. The van der Waals surface area contributed by atoms with Gasteiger partial charge in [-0.1, -0.05) is 66.2 Å². The van der Waals surface area contributed by atoms with Gasteiger partial charge in [-0.2, -0.15) is 0 Å². The average Bonchev–Trinajstić information content (AvgIpc) is 2.89. The summed E-state index contributed by atoms with van der Waals surface area (Å²) in [6.07, 6.45) is 1.28. The van der Waals surface area contributed by atoms with Gasteiger partial charge in [0.1, 0.15) is 12.4 Å². The first-order valence-corrected chi connectivity index (χ1v) is 12.6. The summed E-state index contributed by atoms with van der Waals surface area (Å²) in [5.74, 6) is 1.06. The molecule has 0 aromatic heterocycles. The van der Waals surface area contributed by atoms with Gasteiger partial charge in [0, 0.05) is 24.1 Å². The van der Waals surface area contributed by atoms with E-state index in [-0.39, 0.29) is 5.92 Å². The van der Waals surface area contributed by atoms with Gasteiger partial charge < -0.3 is 19.3 Å². The standard InChI is InChI=1S/C29H36ClNO4/c1-2-33-17-18-35-28-15-12-23(13-16-28)11-14-26(25-9-6-10-27(30)19-25)21-34-22-31-20-29(32)24-7-4-3-5-8-24/h3-10,12-13,15-16,19,26,29,31-32H,2,11,14,17-18,20-22H2,1H3/t26-,29-/m1/s1. The van der Waals surface area contributed by atoms with Crippen molar-refractivity contribution in [3.05, 3.63) is 101 Å². The average molecular weight is 498 g/mol. The first-order chi connectivity index (χ1) is 17.2. The molecule has 0 saturated carbocycles. The molecule has 0 aliphatic rings. The Morgan fingerprint density at radius 2 is 1.66 bits per heavy atom. The zero-order valence-corrected chi connectivity index (χ0v) is 21.1. The molecular formula is C29H36ClNO4. The maximum Gasteiger partial charge on any atom is 0.119 e. The lowest BCUT2D eigenvalue weighted by Crippen LogP contribution is -2.25. The number of ether oxygens (including phenoxy) is 3. The monoisotopic (exact) mass is 497 g/mol. The lowest BCUT2D eigenvalue weighted by molar-refractivity contribution is 0.0863. The molecule has 3 aromatic carbocycles. The zero-order chi connectivity index (χ0) is 24.7. The summed E-state index contributed by atoms with van der Waals surface area (Å²) in [6.45, 7) is 5.19. The van der Waals surface area contributed by atoms with Crippen molar-refractivity contribution in [3.8, 4) is 5.75 Å². The largest absolute Gasteiger partial charge is 0.491 e. The third-order valence-corrected chi connectivity index (χ3v) is 6.01. The van der Waals surface area contributed by atoms with Crippen molar-refractivity contribution in [2.45, 2.75) is 31.8 Å². The maximum absolute atomic E-state index is 10.3. The molecule has 0 fully saturated rings. The van der Waals surface area contributed by atoms with E-state index in [1.54, 1.807) is 0 Å². The number of aliphatic hydroxyl groups excluding tert-OH is 1. The van der Waals surface area contributed by atoms with E-state index in [0.29, 0.717) is 39.7 Å². The third kappa shape index (κ3) is 10.0. The molecular weight excluding hydrogens is 462 g/mol. The first-order valence-electron chi connectivity index (χ1n) is 12.2. The lowest BCUT2D eigenvalue weighted by atomic mass is 9.93. The van der Waals surface area contributed by atoms with Crippen LogP contribution >= 0.6 is 11.6 Å². The maximum atomic E-state index is 10.3. The smallest absolute Gasteiger partial charge is 0.119 e. The summed E-state index contributed by atoms with van der Waals surface area (Å²) in [6, 6.07) is 25.8. The lowest BCUT2D eigenvalue weighted by Gasteiger charge is -2.19. The minimum atomic E-state index is -0.561. The molecule has 0 unspecified atom stereocenters. The highest BCUT2D eigenvalue weighted by Crippen LogP contribution is 2.25. The zero-order valence-electron chi connectivity index (χ0n) is 20.4. The summed E-state index contributed by atoms with van der Waals surface area (Å²) in [5.41, 5.74) is 3.30. The number of nitrogens with one attached hydrogen (secondary N) is 1. The minimum absolute atomic E-state index is 0.205. The van der Waals surface area contributed by atoms with E-state index in [4.69, 9.17) is 25.8 Å². The van der Waals surface area contributed by atoms with Crippen LogP contribution in [0.15, 0.2) is 78.9 Å². The van der Waals surface area contributed by atoms with Crippen LogP contribution in [-0.4, -0.2) is 44.8 Å². The first kappa shape index (κ1) is 27.2. The molecule has 0 saturated heterocycles. The van der Waals surface area contributed by atoms with Crippen LogP contribution in [0.1, 0.15) is 42.1 Å². The van der Waals surface area contributed by atoms with E-state index >= 15 is 0 Å². The molecule has 2 atom stereocenters. The second kappa shape index (κ2) is 15.6. The highest BCUT2D eigenvalue weighted by atomic mass is 35.5. The number of rotatable bonds is 16. The summed E-state index contributed by atoms with van der Waals surface area (Å²) in [5, 5.41) is 14.2. The fraction of sp³-hybridized carbons (Fsp3) is 0.379. The molecule has 0 spiro atoms. The highest BCUT2D eigenvalue weighted by molar-refractivity contribution is 6.30. The van der Waals surface area contributed by atoms with Gasteiger partial charge >= 0.3 is 0 Å². The van der Waals surface area contributed by atoms with Gasteiger partial charge in [-0.15, -0.1) is 0 Å². The van der Waals surface area contributed by atoms with Crippen LogP contribution in [0.25, 0.3) is 0 Å². The van der Waals surface area contributed by atoms with Gasteiger partial charge in [-0.05, 0) is 60.7 Å². The van der Waals surface area contributed by atoms with E-state index in [1.165, 1.54) is 5.56 Å². The Morgan fingerprint density at radius 1 is 0.886 bits per heavy atom. The molecule has 3 aromatic rings. The van der Waals surface area contributed by atoms with Gasteiger partial charge in [0.2, 0.25) is 0 Å². The topological polar surface area (TPSA) is 60.0 Å². The number of aryl methyl sites for hydroxylation is 1. The molecule has 0 amide bonds. The molecule has 0 bridgehead atoms. The number of halogens is 1. The Hall–Kier alpha value is -2.41. The van der Waals surface area contributed by atoms with Crippen molar-refractivity contribution in [1.82, 2.24) is 5.32 Å². The Morgan fingerprint density at radius 3 is 2.40 bits per heavy atom. The molecule has 3 rings (SSSR count). The van der Waals surface area contributed by atoms with Crippen LogP contribution in [0, 0.1) is 0 Å². The van der Waals surface area contributed by atoms with Crippen LogP contribution in [0.2, 0.25) is 5.02 Å². The van der Waals surface area contributed by atoms with Crippen LogP contribution in [0.5, 0.6) is 5.75 Å². The predicted molar refractivity (Wildman–Crippen MR) is 141 cm³/mol. The summed E-state index contributed by atoms with van der Waals surface area (Å²) in [4.78, 5) is 0. The van der Waals surface area contributed by atoms with Crippen molar-refractivity contribution in [1.29, 1.82) is 0 Å². The number of aliphatic hydroxyl groups is 1. The molecule has 0 aliphatic heterocycles. The Balaban J connectivity index is 1.47. The normalized spacial score (nSPS) is 12.9. The van der Waals surface area contributed by atoms with E-state index in [0.717, 1.165) is 34.7 Å². The van der Waals surface area contributed by atoms with Gasteiger partial charge in [-0.25, -0.2) is 0 Å². The molecule has 188 valence electrons. The predicted octanol–water partition coefficient (Wildman–Crippen LogP) is 5.77. The summed E-state index contributed by atoms with van der Waals surface area (Å²) >= 11 is 6.26. The molecule has 6 heteroatoms. The molecule has 35 heavy (non-hydrogen) atoms. The molecule has 0 aliphatic carbocycles. The van der Waals surface area contributed by atoms with Crippen LogP contribution in [0.4, 0.5) is 0 Å². The number of benzene rings is 3. The SMILES string of the molecule is CCOCCOc1ccc(CC[C@H](COCNC[C@@H](O)c2ccccc2)c2cccc(Cl)c2)cc1. The Labute approximate surface area is 214 Å². The van der Waals surface area contributed by atoms with Gasteiger partial charge in [-0.3, -0.25) is 5.32 Å². The van der Waals surface area contributed by atoms with Crippen molar-refractivity contribution in [3.63, 3.8) is 0 Å². The fourth-order valence-corrected chi connectivity index (χ4v) is 4.02. The highest BCUT2D eigenvalue weighted by Gasteiger charge is 2.14. The molecule has 0 radical (unpaired) electrons. The second-order valence-corrected chi connectivity index (χ2v) is 8.81. The minimum Gasteiger partial charge on any atom is -0.491 e. The van der Waals surface area contributed by atoms with Crippen molar-refractivity contribution >= 4 is 11.6 Å². The molecule has 5 nitrogen and oxygen atoms in total. The van der Waals surface area contributed by atoms with E-state index in [1.807, 2.05) is 67.6 Å². The van der Waals surface area contributed by atoms with Crippen molar-refractivity contribution in [2.24, 2.45) is 0 Å². The third-order valence-electron chi connectivity index (χ3n) is 5.77. The number of hydrogen-bond acceptors (Lipinski definition) is 5. The molecule has 2 N–H and O–H groups in total. The summed E-state index contributed by atoms with van der Waals surface area (Å²) < 4.78 is 17.0. The van der Waals surface area contributed by atoms with Gasteiger partial charge in [0.05, 0.1) is 26.0 Å². The van der Waals surface area contributed by atoms with Crippen molar-refractivity contribution < 1.29 is 19.3 Å². The van der Waals surface area contributed by atoms with Crippen molar-refractivity contribution in [2.75, 3.05) is 39.7 Å². The van der Waals surface area contributed by atoms with Crippen LogP contribution in [0.3, 0.4) is 0 Å². The van der Waals surface area contributed by atoms with E-state index in [9.17, 15) is 5.11 Å². The molecule has 0 heterocycles. The van der Waals surface area contributed by atoms with E-state index < -0.39 is 6.10 Å². The van der Waals surface area contributed by atoms with Crippen LogP contribution < -0.4 is 10.1 Å². The van der Waals surface area contributed by atoms with Gasteiger partial charge in [0.15, 0.2) is 0 Å². The Bertz CT molecular complexity index is 968. The van der Waals surface area contributed by atoms with Crippen LogP contribution in [-0.2, 0) is 15.9 Å². The fourth-order valence-electron chi connectivity index (χ4n) is 3.82. The van der Waals surface area contributed by atoms with Gasteiger partial charge in [0.25, 0.3) is 0 Å². The number of hydrogen-bond donors (Lipinski definition) is 2. The second-order valence-electron chi connectivity index (χ2n) is 8.38. The van der Waals surface area contributed by atoms with E-state index in [2.05, 4.69) is 23.5 Å².